The van der Waals surface area contributed by atoms with Gasteiger partial charge in [0.2, 0.25) is 5.89 Å². The number of halogens is 4. The summed E-state index contributed by atoms with van der Waals surface area (Å²) in [7, 11) is 0. The van der Waals surface area contributed by atoms with Crippen molar-refractivity contribution in [2.75, 3.05) is 0 Å². The van der Waals surface area contributed by atoms with Gasteiger partial charge in [0.1, 0.15) is 18.6 Å². The second-order valence-electron chi connectivity index (χ2n) is 5.10. The third-order valence-corrected chi connectivity index (χ3v) is 3.58. The lowest BCUT2D eigenvalue weighted by molar-refractivity contribution is -0.137. The van der Waals surface area contributed by atoms with Crippen molar-refractivity contribution < 1.29 is 22.3 Å². The highest BCUT2D eigenvalue weighted by Crippen LogP contribution is 2.29. The van der Waals surface area contributed by atoms with Crippen LogP contribution in [0.4, 0.5) is 13.2 Å². The molecule has 3 rings (SSSR count). The Hall–Kier alpha value is -2.68. The van der Waals surface area contributed by atoms with Crippen LogP contribution in [-0.2, 0) is 12.8 Å². The molecule has 1 aromatic carbocycles. The molecule has 0 N–H and O–H groups in total. The molecule has 0 amide bonds. The first kappa shape index (κ1) is 18.1. The van der Waals surface area contributed by atoms with Gasteiger partial charge in [0.05, 0.1) is 10.0 Å². The lowest BCUT2D eigenvalue weighted by Crippen LogP contribution is -2.03. The molecule has 0 saturated carbocycles. The van der Waals surface area contributed by atoms with Crippen LogP contribution in [0.15, 0.2) is 51.8 Å². The van der Waals surface area contributed by atoms with Gasteiger partial charge in [0, 0.05) is 18.5 Å². The Balaban J connectivity index is 1.59. The first-order valence-electron chi connectivity index (χ1n) is 7.30. The molecule has 2 aromatic heterocycles. The highest BCUT2D eigenvalue weighted by Gasteiger charge is 2.29. The van der Waals surface area contributed by atoms with E-state index >= 15 is 0 Å². The predicted octanol–water partition coefficient (Wildman–Crippen LogP) is 5.00. The van der Waals surface area contributed by atoms with Crippen LogP contribution in [0.2, 0.25) is 0 Å². The van der Waals surface area contributed by atoms with Gasteiger partial charge in [-0.3, -0.25) is 0 Å². The zero-order chi connectivity index (χ0) is 18.6. The molecule has 3 aromatic rings. The number of hydrogen-bond acceptors (Lipinski definition) is 5. The molecule has 134 valence electrons. The number of hydrogen-bond donors (Lipinski definition) is 0. The normalized spacial score (nSPS) is 11.8. The fraction of sp³-hybridized carbons (Fsp3) is 0.118. The van der Waals surface area contributed by atoms with Crippen molar-refractivity contribution in [2.45, 2.75) is 12.8 Å². The van der Waals surface area contributed by atoms with E-state index in [1.165, 1.54) is 18.4 Å². The van der Waals surface area contributed by atoms with Gasteiger partial charge >= 0.3 is 12.2 Å². The summed E-state index contributed by atoms with van der Waals surface area (Å²) in [5.41, 5.74) is 0.432. The van der Waals surface area contributed by atoms with Crippen molar-refractivity contribution >= 4 is 28.1 Å². The minimum atomic E-state index is -4.35. The Bertz CT molecular complexity index is 891. The number of ether oxygens (including phenoxy) is 1. The van der Waals surface area contributed by atoms with Crippen LogP contribution in [0, 0.1) is 0 Å². The summed E-state index contributed by atoms with van der Waals surface area (Å²) in [6.45, 7) is 0.124. The molecule has 0 spiro atoms. The van der Waals surface area contributed by atoms with Crippen molar-refractivity contribution in [3.8, 4) is 6.01 Å². The quantitative estimate of drug-likeness (QED) is 0.575. The Morgan fingerprint density at radius 3 is 2.42 bits per heavy atom. The largest absolute Gasteiger partial charge is 0.457 e. The van der Waals surface area contributed by atoms with Gasteiger partial charge in [-0.2, -0.15) is 13.2 Å². The molecule has 0 unspecified atom stereocenters. The van der Waals surface area contributed by atoms with Gasteiger partial charge in [0.15, 0.2) is 0 Å². The van der Waals surface area contributed by atoms with E-state index in [9.17, 15) is 13.2 Å². The molecule has 0 fully saturated rings. The predicted molar refractivity (Wildman–Crippen MR) is 90.9 cm³/mol. The van der Waals surface area contributed by atoms with Crippen LogP contribution in [0.25, 0.3) is 12.2 Å². The molecule has 0 aliphatic heterocycles. The van der Waals surface area contributed by atoms with Crippen LogP contribution in [0.1, 0.15) is 22.7 Å². The summed E-state index contributed by atoms with van der Waals surface area (Å²) in [4.78, 5) is 12.1. The Morgan fingerprint density at radius 2 is 1.77 bits per heavy atom. The Kier molecular flexibility index (Phi) is 5.36. The maximum Gasteiger partial charge on any atom is 0.416 e. The van der Waals surface area contributed by atoms with Crippen molar-refractivity contribution in [3.05, 3.63) is 70.1 Å². The maximum atomic E-state index is 12.5. The molecular weight excluding hydrogens is 415 g/mol. The number of alkyl halides is 3. The lowest BCUT2D eigenvalue weighted by atomic mass is 10.1. The molecule has 0 radical (unpaired) electrons. The van der Waals surface area contributed by atoms with Gasteiger partial charge in [-0.15, -0.1) is 0 Å². The van der Waals surface area contributed by atoms with Gasteiger partial charge in [-0.05, 0) is 39.7 Å². The number of rotatable bonds is 5. The van der Waals surface area contributed by atoms with Crippen molar-refractivity contribution in [1.29, 1.82) is 0 Å². The second kappa shape index (κ2) is 7.69. The van der Waals surface area contributed by atoms with E-state index < -0.39 is 11.7 Å². The number of benzene rings is 1. The smallest absolute Gasteiger partial charge is 0.416 e. The number of aromatic nitrogens is 3. The fourth-order valence-electron chi connectivity index (χ4n) is 1.93. The molecule has 2 heterocycles. The highest BCUT2D eigenvalue weighted by molar-refractivity contribution is 9.10. The molecule has 5 nitrogen and oxygen atoms in total. The first-order valence-corrected chi connectivity index (χ1v) is 8.09. The third-order valence-electron chi connectivity index (χ3n) is 3.17. The standard InChI is InChI=1S/C17H11BrF3N3O2/c18-13-7-22-16(23-8-13)26-10-14-9-25-15(24-14)6-3-11-1-4-12(5-2-11)17(19,20)21/h1-9H,10H2. The summed E-state index contributed by atoms with van der Waals surface area (Å²) in [5, 5.41) is 0. The first-order chi connectivity index (χ1) is 12.4. The van der Waals surface area contributed by atoms with E-state index in [0.29, 0.717) is 17.1 Å². The van der Waals surface area contributed by atoms with E-state index in [2.05, 4.69) is 30.9 Å². The van der Waals surface area contributed by atoms with Crippen molar-refractivity contribution in [3.63, 3.8) is 0 Å². The molecule has 0 aliphatic rings. The number of nitrogens with zero attached hydrogens (tertiary/aromatic N) is 3. The molecule has 9 heteroatoms. The summed E-state index contributed by atoms with van der Waals surface area (Å²) in [6.07, 6.45) is 3.35. The maximum absolute atomic E-state index is 12.5. The van der Waals surface area contributed by atoms with E-state index in [1.54, 1.807) is 24.5 Å². The average molecular weight is 426 g/mol. The minimum Gasteiger partial charge on any atom is -0.457 e. The summed E-state index contributed by atoms with van der Waals surface area (Å²) >= 11 is 3.22. The van der Waals surface area contributed by atoms with Crippen molar-refractivity contribution in [1.82, 2.24) is 15.0 Å². The molecule has 26 heavy (non-hydrogen) atoms. The molecular formula is C17H11BrF3N3O2. The van der Waals surface area contributed by atoms with Gasteiger partial charge < -0.3 is 9.15 Å². The summed E-state index contributed by atoms with van der Waals surface area (Å²) in [5.74, 6) is 0.306. The zero-order valence-electron chi connectivity index (χ0n) is 13.1. The average Bonchev–Trinajstić information content (AvgIpc) is 3.07. The second-order valence-corrected chi connectivity index (χ2v) is 6.02. The van der Waals surface area contributed by atoms with Gasteiger partial charge in [0.25, 0.3) is 0 Å². The van der Waals surface area contributed by atoms with Crippen molar-refractivity contribution in [2.24, 2.45) is 0 Å². The molecule has 0 atom stereocenters. The topological polar surface area (TPSA) is 61.0 Å². The van der Waals surface area contributed by atoms with Gasteiger partial charge in [-0.1, -0.05) is 12.1 Å². The molecule has 0 saturated heterocycles. The zero-order valence-corrected chi connectivity index (χ0v) is 14.7. The monoisotopic (exact) mass is 425 g/mol. The van der Waals surface area contributed by atoms with Crippen LogP contribution < -0.4 is 4.74 Å². The summed E-state index contributed by atoms with van der Waals surface area (Å²) < 4.78 is 48.9. The third kappa shape index (κ3) is 4.92. The van der Waals surface area contributed by atoms with Crippen LogP contribution in [0.5, 0.6) is 6.01 Å². The van der Waals surface area contributed by atoms with E-state index in [4.69, 9.17) is 9.15 Å². The molecule has 0 aliphatic carbocycles. The van der Waals surface area contributed by atoms with E-state index in [1.807, 2.05) is 0 Å². The van der Waals surface area contributed by atoms with E-state index in [-0.39, 0.29) is 12.6 Å². The van der Waals surface area contributed by atoms with Gasteiger partial charge in [-0.25, -0.2) is 15.0 Å². The number of oxazole rings is 1. The van der Waals surface area contributed by atoms with E-state index in [0.717, 1.165) is 16.6 Å². The van der Waals surface area contributed by atoms with Crippen LogP contribution in [0.3, 0.4) is 0 Å². The van der Waals surface area contributed by atoms with Crippen LogP contribution in [-0.4, -0.2) is 15.0 Å². The Morgan fingerprint density at radius 1 is 1.08 bits per heavy atom. The summed E-state index contributed by atoms with van der Waals surface area (Å²) in [6, 6.07) is 4.99. The fourth-order valence-corrected chi connectivity index (χ4v) is 2.13. The lowest BCUT2D eigenvalue weighted by Gasteiger charge is -2.05. The SMILES string of the molecule is FC(F)(F)c1ccc(C=Cc2nc(COc3ncc(Br)cn3)co2)cc1. The minimum absolute atomic E-state index is 0.124. The molecule has 0 bridgehead atoms. The van der Waals surface area contributed by atoms with Crippen LogP contribution >= 0.6 is 15.9 Å². The highest BCUT2D eigenvalue weighted by atomic mass is 79.9. The Labute approximate surface area is 154 Å².